The lowest BCUT2D eigenvalue weighted by molar-refractivity contribution is -0.143. The largest absolute Gasteiger partial charge is 0.476 e. The lowest BCUT2D eigenvalue weighted by Gasteiger charge is -2.25. The standard InChI is InChI=1S/C15H20N2O4/c1-21-15(20)10-7-4-8-17-12(10)11(14(18)19)16-13(17)9-5-2-3-6-9/h9-10H,2-8H2,1H3,(H,18,19). The molecule has 1 aliphatic heterocycles. The number of ether oxygens (including phenoxy) is 1. The Labute approximate surface area is 123 Å². The molecule has 1 atom stereocenters. The first-order chi connectivity index (χ1) is 10.1. The zero-order valence-corrected chi connectivity index (χ0v) is 12.2. The molecule has 0 radical (unpaired) electrons. The first-order valence-corrected chi connectivity index (χ1v) is 7.55. The molecule has 21 heavy (non-hydrogen) atoms. The van der Waals surface area contributed by atoms with Gasteiger partial charge in [0.1, 0.15) is 5.82 Å². The summed E-state index contributed by atoms with van der Waals surface area (Å²) in [5, 5.41) is 9.44. The molecule has 0 bridgehead atoms. The molecular formula is C15H20N2O4. The number of fused-ring (bicyclic) bond motifs is 1. The Kier molecular flexibility index (Phi) is 3.69. The molecule has 1 unspecified atom stereocenters. The van der Waals surface area contributed by atoms with E-state index in [-0.39, 0.29) is 11.7 Å². The second-order valence-electron chi connectivity index (χ2n) is 5.86. The highest BCUT2D eigenvalue weighted by molar-refractivity contribution is 5.90. The zero-order valence-electron chi connectivity index (χ0n) is 12.2. The normalized spacial score (nSPS) is 22.0. The molecule has 1 fully saturated rings. The average molecular weight is 292 g/mol. The highest BCUT2D eigenvalue weighted by Crippen LogP contribution is 2.39. The Hall–Kier alpha value is -1.85. The molecule has 1 aromatic heterocycles. The van der Waals surface area contributed by atoms with Crippen molar-refractivity contribution >= 4 is 11.9 Å². The molecule has 1 aliphatic carbocycles. The van der Waals surface area contributed by atoms with E-state index in [1.807, 2.05) is 4.57 Å². The molecular weight excluding hydrogens is 272 g/mol. The number of aromatic carboxylic acids is 1. The fourth-order valence-electron chi connectivity index (χ4n) is 3.69. The number of esters is 1. The number of carbonyl (C=O) groups excluding carboxylic acids is 1. The van der Waals surface area contributed by atoms with Crippen molar-refractivity contribution in [3.05, 3.63) is 17.2 Å². The van der Waals surface area contributed by atoms with E-state index in [9.17, 15) is 14.7 Å². The number of nitrogens with zero attached hydrogens (tertiary/aromatic N) is 2. The van der Waals surface area contributed by atoms with Crippen molar-refractivity contribution in [2.45, 2.75) is 56.9 Å². The highest BCUT2D eigenvalue weighted by Gasteiger charge is 2.37. The van der Waals surface area contributed by atoms with Gasteiger partial charge < -0.3 is 14.4 Å². The van der Waals surface area contributed by atoms with Crippen molar-refractivity contribution in [3.8, 4) is 0 Å². The number of aromatic nitrogens is 2. The van der Waals surface area contributed by atoms with Crippen LogP contribution in [0.4, 0.5) is 0 Å². The number of rotatable bonds is 3. The monoisotopic (exact) mass is 292 g/mol. The number of carboxylic acid groups (broad SMARTS) is 1. The number of carboxylic acids is 1. The van der Waals surface area contributed by atoms with E-state index in [2.05, 4.69) is 4.98 Å². The maximum absolute atomic E-state index is 12.0. The number of methoxy groups -OCH3 is 1. The van der Waals surface area contributed by atoms with Crippen molar-refractivity contribution in [2.24, 2.45) is 0 Å². The minimum atomic E-state index is -1.06. The van der Waals surface area contributed by atoms with Gasteiger partial charge in [0.2, 0.25) is 0 Å². The van der Waals surface area contributed by atoms with Crippen LogP contribution < -0.4 is 0 Å². The number of hydrogen-bond acceptors (Lipinski definition) is 4. The summed E-state index contributed by atoms with van der Waals surface area (Å²) in [5.41, 5.74) is 0.578. The minimum Gasteiger partial charge on any atom is -0.476 e. The number of imidazole rings is 1. The molecule has 6 heteroatoms. The molecule has 0 spiro atoms. The number of hydrogen-bond donors (Lipinski definition) is 1. The average Bonchev–Trinajstić information content (AvgIpc) is 3.12. The molecule has 2 heterocycles. The molecule has 1 saturated carbocycles. The van der Waals surface area contributed by atoms with Crippen molar-refractivity contribution < 1.29 is 19.4 Å². The second-order valence-corrected chi connectivity index (χ2v) is 5.86. The molecule has 2 aliphatic rings. The predicted octanol–water partition coefficient (Wildman–Crippen LogP) is 2.29. The van der Waals surface area contributed by atoms with Crippen LogP contribution in [0.1, 0.15) is 72.4 Å². The van der Waals surface area contributed by atoms with Gasteiger partial charge in [-0.3, -0.25) is 4.79 Å². The third kappa shape index (κ3) is 2.32. The van der Waals surface area contributed by atoms with Crippen LogP contribution in [0.5, 0.6) is 0 Å². The molecule has 0 aromatic carbocycles. The van der Waals surface area contributed by atoms with Crippen molar-refractivity contribution in [1.29, 1.82) is 0 Å². The quantitative estimate of drug-likeness (QED) is 0.864. The maximum Gasteiger partial charge on any atom is 0.356 e. The Balaban J connectivity index is 2.10. The van der Waals surface area contributed by atoms with E-state index in [1.54, 1.807) is 0 Å². The predicted molar refractivity (Wildman–Crippen MR) is 74.4 cm³/mol. The Morgan fingerprint density at radius 2 is 1.95 bits per heavy atom. The molecule has 1 aromatic rings. The summed E-state index contributed by atoms with van der Waals surface area (Å²) in [4.78, 5) is 27.9. The van der Waals surface area contributed by atoms with Crippen LogP contribution in [-0.4, -0.2) is 33.7 Å². The van der Waals surface area contributed by atoms with Crippen LogP contribution in [-0.2, 0) is 16.1 Å². The smallest absolute Gasteiger partial charge is 0.356 e. The van der Waals surface area contributed by atoms with Gasteiger partial charge in [-0.15, -0.1) is 0 Å². The summed E-state index contributed by atoms with van der Waals surface area (Å²) in [6.07, 6.45) is 5.91. The maximum atomic E-state index is 12.0. The van der Waals surface area contributed by atoms with E-state index in [0.717, 1.165) is 44.5 Å². The fourth-order valence-corrected chi connectivity index (χ4v) is 3.69. The Morgan fingerprint density at radius 1 is 1.24 bits per heavy atom. The zero-order chi connectivity index (χ0) is 15.0. The Morgan fingerprint density at radius 3 is 2.57 bits per heavy atom. The van der Waals surface area contributed by atoms with Crippen LogP contribution in [0.15, 0.2) is 0 Å². The van der Waals surface area contributed by atoms with Crippen LogP contribution in [0.3, 0.4) is 0 Å². The van der Waals surface area contributed by atoms with Gasteiger partial charge in [0, 0.05) is 12.5 Å². The first kappa shape index (κ1) is 14.1. The van der Waals surface area contributed by atoms with E-state index < -0.39 is 11.9 Å². The molecule has 3 rings (SSSR count). The lowest BCUT2D eigenvalue weighted by Crippen LogP contribution is -2.25. The van der Waals surface area contributed by atoms with Crippen LogP contribution in [0, 0.1) is 0 Å². The van der Waals surface area contributed by atoms with Gasteiger partial charge in [0.15, 0.2) is 5.69 Å². The summed E-state index contributed by atoms with van der Waals surface area (Å²) in [6, 6.07) is 0. The van der Waals surface area contributed by atoms with Gasteiger partial charge in [0.25, 0.3) is 0 Å². The molecule has 1 N–H and O–H groups in total. The third-order valence-corrected chi connectivity index (χ3v) is 4.65. The first-order valence-electron chi connectivity index (χ1n) is 7.55. The highest BCUT2D eigenvalue weighted by atomic mass is 16.5. The van der Waals surface area contributed by atoms with Gasteiger partial charge in [0.05, 0.1) is 18.7 Å². The van der Waals surface area contributed by atoms with Gasteiger partial charge in [-0.1, -0.05) is 12.8 Å². The van der Waals surface area contributed by atoms with Gasteiger partial charge in [-0.25, -0.2) is 9.78 Å². The topological polar surface area (TPSA) is 81.4 Å². The van der Waals surface area contributed by atoms with Gasteiger partial charge in [-0.2, -0.15) is 0 Å². The van der Waals surface area contributed by atoms with E-state index in [1.165, 1.54) is 7.11 Å². The molecule has 0 amide bonds. The van der Waals surface area contributed by atoms with Gasteiger partial charge in [-0.05, 0) is 25.7 Å². The van der Waals surface area contributed by atoms with E-state index in [4.69, 9.17) is 4.74 Å². The van der Waals surface area contributed by atoms with Crippen LogP contribution in [0.25, 0.3) is 0 Å². The molecule has 0 saturated heterocycles. The number of carbonyl (C=O) groups is 2. The lowest BCUT2D eigenvalue weighted by atomic mass is 9.94. The minimum absolute atomic E-state index is 0.0343. The van der Waals surface area contributed by atoms with E-state index >= 15 is 0 Å². The molecule has 6 nitrogen and oxygen atoms in total. The van der Waals surface area contributed by atoms with Crippen molar-refractivity contribution in [2.75, 3.05) is 7.11 Å². The van der Waals surface area contributed by atoms with Crippen molar-refractivity contribution in [3.63, 3.8) is 0 Å². The van der Waals surface area contributed by atoms with Crippen LogP contribution >= 0.6 is 0 Å². The van der Waals surface area contributed by atoms with Gasteiger partial charge >= 0.3 is 11.9 Å². The van der Waals surface area contributed by atoms with E-state index in [0.29, 0.717) is 18.0 Å². The fraction of sp³-hybridized carbons (Fsp3) is 0.667. The third-order valence-electron chi connectivity index (χ3n) is 4.65. The summed E-state index contributed by atoms with van der Waals surface area (Å²) in [7, 11) is 1.34. The summed E-state index contributed by atoms with van der Waals surface area (Å²) >= 11 is 0. The molecule has 114 valence electrons. The van der Waals surface area contributed by atoms with Crippen molar-refractivity contribution in [1.82, 2.24) is 9.55 Å². The Bertz CT molecular complexity index is 572. The second kappa shape index (κ2) is 5.50. The summed E-state index contributed by atoms with van der Waals surface area (Å²) in [6.45, 7) is 0.745. The SMILES string of the molecule is COC(=O)C1CCCn2c(C3CCCC3)nc(C(=O)O)c21. The summed E-state index contributed by atoms with van der Waals surface area (Å²) in [5.74, 6) is -0.741. The summed E-state index contributed by atoms with van der Waals surface area (Å²) < 4.78 is 6.82. The van der Waals surface area contributed by atoms with Crippen LogP contribution in [0.2, 0.25) is 0 Å².